The summed E-state index contributed by atoms with van der Waals surface area (Å²) in [5.41, 5.74) is 3.95. The minimum atomic E-state index is -0.452. The smallest absolute Gasteiger partial charge is 0.273 e. The summed E-state index contributed by atoms with van der Waals surface area (Å²) in [6.45, 7) is 7.77. The number of nitrogens with zero attached hydrogens (tertiary/aromatic N) is 5. The van der Waals surface area contributed by atoms with Crippen LogP contribution < -0.4 is 4.90 Å². The van der Waals surface area contributed by atoms with Crippen LogP contribution in [0.25, 0.3) is 0 Å². The lowest BCUT2D eigenvalue weighted by Gasteiger charge is -2.36. The second-order valence-corrected chi connectivity index (χ2v) is 8.94. The van der Waals surface area contributed by atoms with Gasteiger partial charge in [-0.15, -0.1) is 0 Å². The Balaban J connectivity index is 1.52. The lowest BCUT2D eigenvalue weighted by Crippen LogP contribution is -2.49. The predicted octanol–water partition coefficient (Wildman–Crippen LogP) is 4.52. The Bertz CT molecular complexity index is 1240. The number of aromatic nitrogens is 2. The maximum absolute atomic E-state index is 13.0. The van der Waals surface area contributed by atoms with Crippen molar-refractivity contribution in [2.75, 3.05) is 31.1 Å². The Morgan fingerprint density at radius 1 is 1.03 bits per heavy atom. The van der Waals surface area contributed by atoms with E-state index in [1.165, 1.54) is 6.07 Å². The van der Waals surface area contributed by atoms with Crippen molar-refractivity contribution >= 4 is 29.0 Å². The van der Waals surface area contributed by atoms with Crippen molar-refractivity contribution in [3.63, 3.8) is 0 Å². The van der Waals surface area contributed by atoms with Crippen molar-refractivity contribution in [2.24, 2.45) is 0 Å². The zero-order chi connectivity index (χ0) is 24.4. The highest BCUT2D eigenvalue weighted by molar-refractivity contribution is 6.30. The number of hydrogen-bond acceptors (Lipinski definition) is 6. The van der Waals surface area contributed by atoms with Crippen molar-refractivity contribution in [1.82, 2.24) is 14.9 Å². The summed E-state index contributed by atoms with van der Waals surface area (Å²) >= 11 is 6.04. The number of benzene rings is 2. The van der Waals surface area contributed by atoms with E-state index in [9.17, 15) is 14.9 Å². The van der Waals surface area contributed by atoms with Crippen LogP contribution in [0.15, 0.2) is 42.5 Å². The van der Waals surface area contributed by atoms with Gasteiger partial charge in [0.15, 0.2) is 0 Å². The van der Waals surface area contributed by atoms with E-state index >= 15 is 0 Å². The fourth-order valence-corrected chi connectivity index (χ4v) is 4.36. The van der Waals surface area contributed by atoms with Crippen LogP contribution in [-0.2, 0) is 6.42 Å². The minimum Gasteiger partial charge on any atom is -0.353 e. The first-order valence-corrected chi connectivity index (χ1v) is 11.5. The molecule has 0 spiro atoms. The molecule has 0 unspecified atom stereocenters. The zero-order valence-corrected chi connectivity index (χ0v) is 20.2. The number of nitro groups is 1. The first-order chi connectivity index (χ1) is 16.2. The van der Waals surface area contributed by atoms with Gasteiger partial charge in [-0.05, 0) is 44.5 Å². The number of aryl methyl sites for hydroxylation is 3. The highest BCUT2D eigenvalue weighted by atomic mass is 35.5. The van der Waals surface area contributed by atoms with Crippen LogP contribution in [0.5, 0.6) is 0 Å². The van der Waals surface area contributed by atoms with Gasteiger partial charge in [-0.25, -0.2) is 9.97 Å². The maximum atomic E-state index is 13.0. The molecule has 1 amide bonds. The SMILES string of the molecule is Cc1nc(C)c(Cc2ccc(Cl)cc2)c(N2CCN(C(=O)c3ccc(C)c([N+](=O)[O-])c3)CC2)n1. The Morgan fingerprint density at radius 3 is 2.35 bits per heavy atom. The molecule has 2 aromatic carbocycles. The summed E-state index contributed by atoms with van der Waals surface area (Å²) in [5.74, 6) is 1.40. The molecule has 0 bridgehead atoms. The molecule has 8 nitrogen and oxygen atoms in total. The molecule has 1 fully saturated rings. The largest absolute Gasteiger partial charge is 0.353 e. The number of rotatable bonds is 5. The summed E-state index contributed by atoms with van der Waals surface area (Å²) in [7, 11) is 0. The molecular weight excluding hydrogens is 454 g/mol. The first-order valence-electron chi connectivity index (χ1n) is 11.1. The summed E-state index contributed by atoms with van der Waals surface area (Å²) < 4.78 is 0. The molecule has 9 heteroatoms. The summed E-state index contributed by atoms with van der Waals surface area (Å²) in [6, 6.07) is 12.4. The zero-order valence-electron chi connectivity index (χ0n) is 19.4. The number of carbonyl (C=O) groups excluding carboxylic acids is 1. The molecule has 2 heterocycles. The van der Waals surface area contributed by atoms with E-state index < -0.39 is 4.92 Å². The van der Waals surface area contributed by atoms with Crippen LogP contribution in [0.3, 0.4) is 0 Å². The van der Waals surface area contributed by atoms with Gasteiger partial charge >= 0.3 is 0 Å². The Labute approximate surface area is 203 Å². The second-order valence-electron chi connectivity index (χ2n) is 8.50. The van der Waals surface area contributed by atoms with Crippen molar-refractivity contribution in [3.05, 3.63) is 91.4 Å². The summed E-state index contributed by atoms with van der Waals surface area (Å²) in [5, 5.41) is 12.0. The van der Waals surface area contributed by atoms with E-state index in [2.05, 4.69) is 9.88 Å². The fourth-order valence-electron chi connectivity index (χ4n) is 4.24. The van der Waals surface area contributed by atoms with Crippen LogP contribution in [-0.4, -0.2) is 51.9 Å². The lowest BCUT2D eigenvalue weighted by atomic mass is 10.0. The quantitative estimate of drug-likeness (QED) is 0.394. The molecule has 0 aliphatic carbocycles. The first kappa shape index (κ1) is 23.6. The van der Waals surface area contributed by atoms with Gasteiger partial charge in [-0.3, -0.25) is 14.9 Å². The number of carbonyl (C=O) groups is 1. The van der Waals surface area contributed by atoms with E-state index in [0.717, 1.165) is 22.6 Å². The Kier molecular flexibility index (Phi) is 6.79. The number of amides is 1. The molecule has 0 saturated carbocycles. The van der Waals surface area contributed by atoms with E-state index in [1.807, 2.05) is 38.1 Å². The maximum Gasteiger partial charge on any atom is 0.273 e. The normalized spacial score (nSPS) is 13.8. The van der Waals surface area contributed by atoms with Gasteiger partial charge in [0, 0.05) is 66.1 Å². The van der Waals surface area contributed by atoms with Gasteiger partial charge in [-0.1, -0.05) is 29.8 Å². The topological polar surface area (TPSA) is 92.5 Å². The molecular formula is C25H26ClN5O3. The van der Waals surface area contributed by atoms with Gasteiger partial charge in [0.25, 0.3) is 11.6 Å². The molecule has 1 saturated heterocycles. The molecule has 0 atom stereocenters. The summed E-state index contributed by atoms with van der Waals surface area (Å²) in [6.07, 6.45) is 0.685. The molecule has 4 rings (SSSR count). The van der Waals surface area contributed by atoms with Crippen molar-refractivity contribution in [1.29, 1.82) is 0 Å². The lowest BCUT2D eigenvalue weighted by molar-refractivity contribution is -0.385. The molecule has 1 aromatic heterocycles. The predicted molar refractivity (Wildman–Crippen MR) is 132 cm³/mol. The molecule has 34 heavy (non-hydrogen) atoms. The highest BCUT2D eigenvalue weighted by Crippen LogP contribution is 2.26. The highest BCUT2D eigenvalue weighted by Gasteiger charge is 2.26. The number of anilines is 1. The third kappa shape index (κ3) is 5.02. The molecule has 1 aliphatic rings. The van der Waals surface area contributed by atoms with Crippen LogP contribution in [0.2, 0.25) is 5.02 Å². The second kappa shape index (κ2) is 9.77. The number of halogens is 1. The van der Waals surface area contributed by atoms with Gasteiger partial charge in [0.2, 0.25) is 0 Å². The average molecular weight is 480 g/mol. The van der Waals surface area contributed by atoms with Crippen molar-refractivity contribution in [3.8, 4) is 0 Å². The van der Waals surface area contributed by atoms with Gasteiger partial charge in [0.05, 0.1) is 4.92 Å². The van der Waals surface area contributed by atoms with Crippen LogP contribution in [0.4, 0.5) is 11.5 Å². The number of piperazine rings is 1. The summed E-state index contributed by atoms with van der Waals surface area (Å²) in [4.78, 5) is 37.1. The molecule has 3 aromatic rings. The Morgan fingerprint density at radius 2 is 1.71 bits per heavy atom. The van der Waals surface area contributed by atoms with Crippen LogP contribution in [0.1, 0.15) is 38.6 Å². The minimum absolute atomic E-state index is 0.0386. The molecule has 176 valence electrons. The standard InChI is InChI=1S/C25H26ClN5O3/c1-16-4-7-20(15-23(16)31(33)34)25(32)30-12-10-29(11-13-30)24-22(17(2)27-18(3)28-24)14-19-5-8-21(26)9-6-19/h4-9,15H,10-14H2,1-3H3. The number of hydrogen-bond donors (Lipinski definition) is 0. The van der Waals surface area contributed by atoms with Crippen molar-refractivity contribution < 1.29 is 9.72 Å². The van der Waals surface area contributed by atoms with Crippen LogP contribution in [0, 0.1) is 30.9 Å². The van der Waals surface area contributed by atoms with E-state index in [4.69, 9.17) is 16.6 Å². The monoisotopic (exact) mass is 479 g/mol. The van der Waals surface area contributed by atoms with E-state index in [-0.39, 0.29) is 11.6 Å². The van der Waals surface area contributed by atoms with E-state index in [0.29, 0.717) is 54.6 Å². The van der Waals surface area contributed by atoms with Gasteiger partial charge < -0.3 is 9.80 Å². The van der Waals surface area contributed by atoms with Crippen LogP contribution >= 0.6 is 11.6 Å². The van der Waals surface area contributed by atoms with Crippen molar-refractivity contribution in [2.45, 2.75) is 27.2 Å². The fraction of sp³-hybridized carbons (Fsp3) is 0.320. The molecule has 1 aliphatic heterocycles. The third-order valence-corrected chi connectivity index (χ3v) is 6.37. The number of nitro benzene ring substituents is 1. The molecule has 0 radical (unpaired) electrons. The van der Waals surface area contributed by atoms with Gasteiger partial charge in [-0.2, -0.15) is 0 Å². The third-order valence-electron chi connectivity index (χ3n) is 6.12. The van der Waals surface area contributed by atoms with E-state index in [1.54, 1.807) is 24.0 Å². The van der Waals surface area contributed by atoms with Gasteiger partial charge in [0.1, 0.15) is 11.6 Å². The Hall–Kier alpha value is -3.52. The molecule has 0 N–H and O–H groups in total. The average Bonchev–Trinajstić information content (AvgIpc) is 2.81.